The number of nitrogens with one attached hydrogen (secondary N) is 1. The topological polar surface area (TPSA) is 81.1 Å². The van der Waals surface area contributed by atoms with E-state index in [1.165, 1.54) is 6.20 Å². The van der Waals surface area contributed by atoms with Gasteiger partial charge in [-0.3, -0.25) is 4.79 Å². The first-order chi connectivity index (χ1) is 10.5. The number of benzene rings is 1. The molecule has 4 nitrogen and oxygen atoms in total. The summed E-state index contributed by atoms with van der Waals surface area (Å²) in [5.74, 6) is -0.466. The average molecular weight is 301 g/mol. The van der Waals surface area contributed by atoms with Crippen LogP contribution in [0.3, 0.4) is 0 Å². The summed E-state index contributed by atoms with van der Waals surface area (Å²) >= 11 is 0. The second-order valence-corrected chi connectivity index (χ2v) is 5.27. The Morgan fingerprint density at radius 3 is 2.73 bits per heavy atom. The standard InChI is InChI=1S/C17H20FN3O/c1-2-3-11(6-7-19)12-4-5-15(20)16(10-12)21-17(22)13-8-14(18)9-13/h2-7,10,13-14H,1,8-9,19-20H2,(H,21,22)/b7-6-,11-3+. The molecule has 2 rings (SSSR count). The number of carbonyl (C=O) groups excluding carboxylic acids is 1. The fraction of sp³-hybridized carbons (Fsp3) is 0.235. The quantitative estimate of drug-likeness (QED) is 0.577. The third-order valence-electron chi connectivity index (χ3n) is 3.67. The number of allylic oxidation sites excluding steroid dienone is 4. The number of carbonyl (C=O) groups is 1. The van der Waals surface area contributed by atoms with E-state index in [1.807, 2.05) is 6.07 Å². The highest BCUT2D eigenvalue weighted by Gasteiger charge is 2.34. The van der Waals surface area contributed by atoms with Crippen LogP contribution in [-0.2, 0) is 4.79 Å². The molecule has 0 aliphatic heterocycles. The molecule has 0 aromatic heterocycles. The van der Waals surface area contributed by atoms with Gasteiger partial charge in [-0.25, -0.2) is 4.39 Å². The van der Waals surface area contributed by atoms with Crippen LogP contribution in [0.15, 0.2) is 49.2 Å². The molecule has 0 bridgehead atoms. The van der Waals surface area contributed by atoms with Crippen molar-refractivity contribution in [2.24, 2.45) is 11.7 Å². The van der Waals surface area contributed by atoms with Crippen LogP contribution < -0.4 is 16.8 Å². The maximum absolute atomic E-state index is 12.8. The van der Waals surface area contributed by atoms with Crippen molar-refractivity contribution in [3.63, 3.8) is 0 Å². The van der Waals surface area contributed by atoms with Gasteiger partial charge >= 0.3 is 0 Å². The summed E-state index contributed by atoms with van der Waals surface area (Å²) in [5.41, 5.74) is 14.0. The lowest BCUT2D eigenvalue weighted by molar-refractivity contribution is -0.124. The van der Waals surface area contributed by atoms with E-state index < -0.39 is 6.17 Å². The lowest BCUT2D eigenvalue weighted by atomic mass is 9.83. The van der Waals surface area contributed by atoms with Crippen molar-refractivity contribution in [1.82, 2.24) is 0 Å². The zero-order chi connectivity index (χ0) is 16.1. The molecule has 5 heteroatoms. The van der Waals surface area contributed by atoms with Gasteiger partial charge in [-0.1, -0.05) is 24.8 Å². The van der Waals surface area contributed by atoms with Gasteiger partial charge in [0, 0.05) is 5.92 Å². The van der Waals surface area contributed by atoms with Crippen LogP contribution in [0, 0.1) is 5.92 Å². The SMILES string of the molecule is C=C/C=C(\C=C/N)c1ccc(N)c(NC(=O)C2CC(F)C2)c1. The Morgan fingerprint density at radius 2 is 2.14 bits per heavy atom. The fourth-order valence-corrected chi connectivity index (χ4v) is 2.32. The Morgan fingerprint density at radius 1 is 1.41 bits per heavy atom. The number of amides is 1. The lowest BCUT2D eigenvalue weighted by Crippen LogP contribution is -2.35. The summed E-state index contributed by atoms with van der Waals surface area (Å²) in [6, 6.07) is 5.32. The fourth-order valence-electron chi connectivity index (χ4n) is 2.32. The molecular formula is C17H20FN3O. The highest BCUT2D eigenvalue weighted by Crippen LogP contribution is 2.32. The van der Waals surface area contributed by atoms with Crippen molar-refractivity contribution in [3.05, 3.63) is 54.8 Å². The lowest BCUT2D eigenvalue weighted by Gasteiger charge is -2.28. The summed E-state index contributed by atoms with van der Waals surface area (Å²) in [7, 11) is 0. The minimum absolute atomic E-state index is 0.193. The maximum atomic E-state index is 12.8. The predicted molar refractivity (Wildman–Crippen MR) is 88.6 cm³/mol. The molecule has 0 spiro atoms. The van der Waals surface area contributed by atoms with Gasteiger partial charge in [-0.05, 0) is 48.4 Å². The smallest absolute Gasteiger partial charge is 0.227 e. The summed E-state index contributed by atoms with van der Waals surface area (Å²) in [6.45, 7) is 3.66. The number of halogens is 1. The van der Waals surface area contributed by atoms with Gasteiger partial charge in [-0.2, -0.15) is 0 Å². The summed E-state index contributed by atoms with van der Waals surface area (Å²) < 4.78 is 12.8. The van der Waals surface area contributed by atoms with Crippen molar-refractivity contribution >= 4 is 22.9 Å². The number of alkyl halides is 1. The number of rotatable bonds is 5. The van der Waals surface area contributed by atoms with E-state index in [1.54, 1.807) is 30.4 Å². The monoisotopic (exact) mass is 301 g/mol. The molecule has 0 radical (unpaired) electrons. The molecule has 1 aromatic rings. The van der Waals surface area contributed by atoms with Crippen LogP contribution in [0.5, 0.6) is 0 Å². The van der Waals surface area contributed by atoms with Crippen molar-refractivity contribution < 1.29 is 9.18 Å². The number of nitrogens with two attached hydrogens (primary N) is 2. The molecule has 1 aliphatic carbocycles. The molecule has 1 amide bonds. The first-order valence-electron chi connectivity index (χ1n) is 7.11. The normalized spacial score (nSPS) is 21.4. The average Bonchev–Trinajstić information content (AvgIpc) is 2.46. The largest absolute Gasteiger partial charge is 0.405 e. The second kappa shape index (κ2) is 6.93. The summed E-state index contributed by atoms with van der Waals surface area (Å²) in [4.78, 5) is 12.0. The molecule has 0 heterocycles. The van der Waals surface area contributed by atoms with Crippen LogP contribution in [0.25, 0.3) is 5.57 Å². The van der Waals surface area contributed by atoms with Crippen molar-refractivity contribution in [3.8, 4) is 0 Å². The summed E-state index contributed by atoms with van der Waals surface area (Å²) in [5, 5.41) is 2.77. The van der Waals surface area contributed by atoms with Crippen LogP contribution in [0.4, 0.5) is 15.8 Å². The molecule has 1 saturated carbocycles. The Bertz CT molecular complexity index is 631. The minimum atomic E-state index is -0.865. The zero-order valence-electron chi connectivity index (χ0n) is 12.3. The molecule has 22 heavy (non-hydrogen) atoms. The molecule has 1 aliphatic rings. The van der Waals surface area contributed by atoms with E-state index in [2.05, 4.69) is 11.9 Å². The Balaban J connectivity index is 2.21. The van der Waals surface area contributed by atoms with Crippen molar-refractivity contribution in [1.29, 1.82) is 0 Å². The highest BCUT2D eigenvalue weighted by molar-refractivity contribution is 5.96. The van der Waals surface area contributed by atoms with Gasteiger partial charge in [0.2, 0.25) is 5.91 Å². The minimum Gasteiger partial charge on any atom is -0.405 e. The number of hydrogen-bond acceptors (Lipinski definition) is 3. The van der Waals surface area contributed by atoms with Crippen molar-refractivity contribution in [2.45, 2.75) is 19.0 Å². The molecule has 1 fully saturated rings. The van der Waals surface area contributed by atoms with Crippen molar-refractivity contribution in [2.75, 3.05) is 11.1 Å². The van der Waals surface area contributed by atoms with Gasteiger partial charge < -0.3 is 16.8 Å². The third kappa shape index (κ3) is 3.55. The molecule has 1 aromatic carbocycles. The van der Waals surface area contributed by atoms with Gasteiger partial charge in [0.15, 0.2) is 0 Å². The predicted octanol–water partition coefficient (Wildman–Crippen LogP) is 3.00. The van der Waals surface area contributed by atoms with Gasteiger partial charge in [0.05, 0.1) is 11.4 Å². The number of anilines is 2. The van der Waals surface area contributed by atoms with E-state index in [4.69, 9.17) is 11.5 Å². The molecule has 0 unspecified atom stereocenters. The third-order valence-corrected chi connectivity index (χ3v) is 3.67. The Labute approximate surface area is 129 Å². The maximum Gasteiger partial charge on any atom is 0.227 e. The first-order valence-corrected chi connectivity index (χ1v) is 7.11. The molecule has 0 atom stereocenters. The molecule has 0 saturated heterocycles. The van der Waals surface area contributed by atoms with E-state index in [0.29, 0.717) is 11.4 Å². The van der Waals surface area contributed by atoms with Crippen LogP contribution in [0.1, 0.15) is 18.4 Å². The highest BCUT2D eigenvalue weighted by atomic mass is 19.1. The molecule has 5 N–H and O–H groups in total. The van der Waals surface area contributed by atoms with E-state index in [0.717, 1.165) is 11.1 Å². The molecule has 116 valence electrons. The molecular weight excluding hydrogens is 281 g/mol. The second-order valence-electron chi connectivity index (χ2n) is 5.27. The van der Waals surface area contributed by atoms with Crippen LogP contribution in [-0.4, -0.2) is 12.1 Å². The summed E-state index contributed by atoms with van der Waals surface area (Å²) in [6.07, 6.45) is 6.32. The Kier molecular flexibility index (Phi) is 4.99. The number of hydrogen-bond donors (Lipinski definition) is 3. The zero-order valence-corrected chi connectivity index (χ0v) is 12.3. The van der Waals surface area contributed by atoms with E-state index >= 15 is 0 Å². The van der Waals surface area contributed by atoms with Crippen LogP contribution in [0.2, 0.25) is 0 Å². The first kappa shape index (κ1) is 15.8. The van der Waals surface area contributed by atoms with Gasteiger partial charge in [0.1, 0.15) is 6.17 Å². The van der Waals surface area contributed by atoms with E-state index in [9.17, 15) is 9.18 Å². The van der Waals surface area contributed by atoms with Crippen LogP contribution >= 0.6 is 0 Å². The van der Waals surface area contributed by atoms with E-state index in [-0.39, 0.29) is 24.7 Å². The number of nitrogen functional groups attached to an aromatic ring is 1. The Hall–Kier alpha value is -2.56. The van der Waals surface area contributed by atoms with Gasteiger partial charge in [0.25, 0.3) is 0 Å². The van der Waals surface area contributed by atoms with Gasteiger partial charge in [-0.15, -0.1) is 0 Å².